The lowest BCUT2D eigenvalue weighted by atomic mass is 9.85. The van der Waals surface area contributed by atoms with Gasteiger partial charge in [-0.1, -0.05) is 6.42 Å². The van der Waals surface area contributed by atoms with Crippen molar-refractivity contribution in [2.24, 2.45) is 5.92 Å². The molecular formula is C13H19F3N2O. The number of rotatable bonds is 3. The molecule has 3 nitrogen and oxygen atoms in total. The molecular weight excluding hydrogens is 257 g/mol. The van der Waals surface area contributed by atoms with Gasteiger partial charge in [0.05, 0.1) is 18.2 Å². The third-order valence-electron chi connectivity index (χ3n) is 3.75. The summed E-state index contributed by atoms with van der Waals surface area (Å²) >= 11 is 0. The van der Waals surface area contributed by atoms with Gasteiger partial charge in [-0.05, 0) is 33.1 Å². The van der Waals surface area contributed by atoms with Gasteiger partial charge in [-0.2, -0.15) is 13.2 Å². The van der Waals surface area contributed by atoms with E-state index in [1.165, 1.54) is 0 Å². The fourth-order valence-corrected chi connectivity index (χ4v) is 2.52. The highest BCUT2D eigenvalue weighted by molar-refractivity contribution is 5.05. The maximum Gasteiger partial charge on any atom is 0.391 e. The van der Waals surface area contributed by atoms with Crippen LogP contribution in [0.15, 0.2) is 4.42 Å². The molecule has 0 saturated heterocycles. The molecule has 1 N–H and O–H groups in total. The summed E-state index contributed by atoms with van der Waals surface area (Å²) in [6, 6.07) is -0.104. The molecule has 1 fully saturated rings. The first-order valence-corrected chi connectivity index (χ1v) is 6.59. The molecule has 0 bridgehead atoms. The topological polar surface area (TPSA) is 38.1 Å². The monoisotopic (exact) mass is 276 g/mol. The molecule has 2 rings (SSSR count). The summed E-state index contributed by atoms with van der Waals surface area (Å²) in [6.45, 7) is 4.07. The van der Waals surface area contributed by atoms with Crippen LogP contribution in [-0.4, -0.2) is 17.2 Å². The molecule has 0 radical (unpaired) electrons. The van der Waals surface area contributed by atoms with Crippen molar-refractivity contribution in [1.29, 1.82) is 0 Å². The maximum absolute atomic E-state index is 12.7. The Kier molecular flexibility index (Phi) is 4.18. The molecule has 1 aromatic heterocycles. The molecule has 6 heteroatoms. The average Bonchev–Trinajstić information content (AvgIpc) is 2.66. The number of nitrogens with zero attached hydrogens (tertiary/aromatic N) is 1. The zero-order valence-electron chi connectivity index (χ0n) is 11.2. The van der Waals surface area contributed by atoms with E-state index in [4.69, 9.17) is 4.42 Å². The summed E-state index contributed by atoms with van der Waals surface area (Å²) in [6.07, 6.45) is -2.27. The zero-order chi connectivity index (χ0) is 14.0. The number of hydrogen-bond acceptors (Lipinski definition) is 3. The Hall–Kier alpha value is -1.04. The molecule has 0 spiro atoms. The Morgan fingerprint density at radius 1 is 1.32 bits per heavy atom. The third kappa shape index (κ3) is 3.72. The van der Waals surface area contributed by atoms with E-state index in [0.717, 1.165) is 17.9 Å². The van der Waals surface area contributed by atoms with Gasteiger partial charge in [0.25, 0.3) is 0 Å². The van der Waals surface area contributed by atoms with Crippen molar-refractivity contribution in [2.45, 2.75) is 58.3 Å². The lowest BCUT2D eigenvalue weighted by Gasteiger charge is -2.30. The molecule has 1 aliphatic carbocycles. The van der Waals surface area contributed by atoms with Crippen molar-refractivity contribution >= 4 is 0 Å². The summed E-state index contributed by atoms with van der Waals surface area (Å²) < 4.78 is 43.4. The van der Waals surface area contributed by atoms with Gasteiger partial charge < -0.3 is 9.73 Å². The number of hydrogen-bond donors (Lipinski definition) is 1. The number of nitrogens with one attached hydrogen (secondary N) is 1. The van der Waals surface area contributed by atoms with Crippen molar-refractivity contribution in [3.05, 3.63) is 17.3 Å². The second kappa shape index (κ2) is 5.53. The summed E-state index contributed by atoms with van der Waals surface area (Å²) in [5.41, 5.74) is 0.827. The molecule has 19 heavy (non-hydrogen) atoms. The van der Waals surface area contributed by atoms with Crippen LogP contribution in [0.25, 0.3) is 0 Å². The smallest absolute Gasteiger partial charge is 0.391 e. The fraction of sp³-hybridized carbons (Fsp3) is 0.769. The SMILES string of the molecule is Cc1nc(CNC2CCCC(C(F)(F)F)C2)oc1C. The van der Waals surface area contributed by atoms with Crippen molar-refractivity contribution in [3.63, 3.8) is 0 Å². The van der Waals surface area contributed by atoms with E-state index >= 15 is 0 Å². The predicted molar refractivity (Wildman–Crippen MR) is 64.6 cm³/mol. The number of aryl methyl sites for hydroxylation is 2. The summed E-state index contributed by atoms with van der Waals surface area (Å²) in [4.78, 5) is 4.21. The van der Waals surface area contributed by atoms with Crippen LogP contribution in [0.5, 0.6) is 0 Å². The first kappa shape index (κ1) is 14.4. The normalized spacial score (nSPS) is 24.7. The Labute approximate surface area is 110 Å². The summed E-state index contributed by atoms with van der Waals surface area (Å²) in [7, 11) is 0. The number of halogens is 3. The van der Waals surface area contributed by atoms with Gasteiger partial charge in [-0.15, -0.1) is 0 Å². The third-order valence-corrected chi connectivity index (χ3v) is 3.75. The van der Waals surface area contributed by atoms with Crippen molar-refractivity contribution in [3.8, 4) is 0 Å². The maximum atomic E-state index is 12.7. The van der Waals surface area contributed by atoms with Gasteiger partial charge in [0.15, 0.2) is 0 Å². The first-order chi connectivity index (χ1) is 8.86. The molecule has 1 aliphatic rings. The van der Waals surface area contributed by atoms with Crippen LogP contribution < -0.4 is 5.32 Å². The first-order valence-electron chi connectivity index (χ1n) is 6.59. The standard InChI is InChI=1S/C13H19F3N2O/c1-8-9(2)19-12(18-8)7-17-11-5-3-4-10(6-11)13(14,15)16/h10-11,17H,3-7H2,1-2H3. The van der Waals surface area contributed by atoms with Crippen LogP contribution in [0.4, 0.5) is 13.2 Å². The predicted octanol–water partition coefficient (Wildman–Crippen LogP) is 3.50. The van der Waals surface area contributed by atoms with Gasteiger partial charge in [0.2, 0.25) is 5.89 Å². The quantitative estimate of drug-likeness (QED) is 0.918. The minimum atomic E-state index is -4.07. The highest BCUT2D eigenvalue weighted by atomic mass is 19.4. The average molecular weight is 276 g/mol. The fourth-order valence-electron chi connectivity index (χ4n) is 2.52. The summed E-state index contributed by atoms with van der Waals surface area (Å²) in [5.74, 6) is 0.129. The Balaban J connectivity index is 1.86. The van der Waals surface area contributed by atoms with E-state index in [9.17, 15) is 13.2 Å². The van der Waals surface area contributed by atoms with Gasteiger partial charge in [-0.25, -0.2) is 4.98 Å². The van der Waals surface area contributed by atoms with Crippen LogP contribution in [0, 0.1) is 19.8 Å². The van der Waals surface area contributed by atoms with Crippen LogP contribution in [0.3, 0.4) is 0 Å². The van der Waals surface area contributed by atoms with Crippen molar-refractivity contribution in [2.75, 3.05) is 0 Å². The van der Waals surface area contributed by atoms with Gasteiger partial charge in [0.1, 0.15) is 5.76 Å². The minimum absolute atomic E-state index is 0.104. The van der Waals surface area contributed by atoms with Crippen molar-refractivity contribution < 1.29 is 17.6 Å². The summed E-state index contributed by atoms with van der Waals surface area (Å²) in [5, 5.41) is 3.12. The Morgan fingerprint density at radius 2 is 2.05 bits per heavy atom. The molecule has 2 unspecified atom stereocenters. The molecule has 1 saturated carbocycles. The molecule has 108 valence electrons. The largest absolute Gasteiger partial charge is 0.444 e. The Morgan fingerprint density at radius 3 is 2.63 bits per heavy atom. The lowest BCUT2D eigenvalue weighted by Crippen LogP contribution is -2.38. The van der Waals surface area contributed by atoms with Crippen LogP contribution in [-0.2, 0) is 6.54 Å². The lowest BCUT2D eigenvalue weighted by molar-refractivity contribution is -0.183. The molecule has 1 aromatic rings. The number of aromatic nitrogens is 1. The Bertz CT molecular complexity index is 409. The highest BCUT2D eigenvalue weighted by Gasteiger charge is 2.42. The zero-order valence-corrected chi connectivity index (χ0v) is 11.2. The van der Waals surface area contributed by atoms with E-state index in [1.54, 1.807) is 0 Å². The van der Waals surface area contributed by atoms with Crippen LogP contribution in [0.1, 0.15) is 43.0 Å². The molecule has 1 heterocycles. The van der Waals surface area contributed by atoms with Crippen LogP contribution >= 0.6 is 0 Å². The van der Waals surface area contributed by atoms with E-state index in [0.29, 0.717) is 18.9 Å². The van der Waals surface area contributed by atoms with E-state index in [-0.39, 0.29) is 18.9 Å². The highest BCUT2D eigenvalue weighted by Crippen LogP contribution is 2.37. The van der Waals surface area contributed by atoms with Gasteiger partial charge in [0, 0.05) is 6.04 Å². The molecule has 0 aromatic carbocycles. The number of alkyl halides is 3. The molecule has 2 atom stereocenters. The van der Waals surface area contributed by atoms with E-state index in [2.05, 4.69) is 10.3 Å². The van der Waals surface area contributed by atoms with Gasteiger partial charge >= 0.3 is 6.18 Å². The number of oxazole rings is 1. The molecule has 0 aliphatic heterocycles. The van der Waals surface area contributed by atoms with Crippen LogP contribution in [0.2, 0.25) is 0 Å². The van der Waals surface area contributed by atoms with Gasteiger partial charge in [-0.3, -0.25) is 0 Å². The second-order valence-corrected chi connectivity index (χ2v) is 5.23. The van der Waals surface area contributed by atoms with Crippen molar-refractivity contribution in [1.82, 2.24) is 10.3 Å². The van der Waals surface area contributed by atoms with E-state index in [1.807, 2.05) is 13.8 Å². The minimum Gasteiger partial charge on any atom is -0.444 e. The second-order valence-electron chi connectivity index (χ2n) is 5.23. The van der Waals surface area contributed by atoms with E-state index < -0.39 is 12.1 Å². The molecule has 0 amide bonds.